The molecular formula is C19H24Cl3N3O. The Morgan fingerprint density at radius 2 is 1.81 bits per heavy atom. The Hall–Kier alpha value is -1.33. The summed E-state index contributed by atoms with van der Waals surface area (Å²) in [5.74, 6) is 0.735. The molecule has 0 saturated carbocycles. The SMILES string of the molecule is CNCC1CCN(C(=O)c2cncc(-c3ccc(Cl)cc3)c2)CC1.Cl.Cl. The Bertz CT molecular complexity index is 701. The van der Waals surface area contributed by atoms with Crippen LogP contribution in [0.15, 0.2) is 42.7 Å². The van der Waals surface area contributed by atoms with E-state index in [0.717, 1.165) is 43.6 Å². The summed E-state index contributed by atoms with van der Waals surface area (Å²) in [4.78, 5) is 18.9. The molecule has 3 rings (SSSR count). The van der Waals surface area contributed by atoms with Gasteiger partial charge in [0.25, 0.3) is 5.91 Å². The van der Waals surface area contributed by atoms with Gasteiger partial charge in [0.15, 0.2) is 0 Å². The van der Waals surface area contributed by atoms with Crippen molar-refractivity contribution in [3.05, 3.63) is 53.3 Å². The summed E-state index contributed by atoms with van der Waals surface area (Å²) in [5.41, 5.74) is 2.59. The first-order chi connectivity index (χ1) is 11.7. The minimum atomic E-state index is 0. The fraction of sp³-hybridized carbons (Fsp3) is 0.368. The second kappa shape index (κ2) is 10.7. The first kappa shape index (κ1) is 22.7. The van der Waals surface area contributed by atoms with Gasteiger partial charge in [-0.2, -0.15) is 0 Å². The van der Waals surface area contributed by atoms with Crippen molar-refractivity contribution >= 4 is 42.3 Å². The first-order valence-corrected chi connectivity index (χ1v) is 8.70. The van der Waals surface area contributed by atoms with E-state index in [1.807, 2.05) is 42.3 Å². The quantitative estimate of drug-likeness (QED) is 0.807. The smallest absolute Gasteiger partial charge is 0.255 e. The molecule has 4 nitrogen and oxygen atoms in total. The van der Waals surface area contributed by atoms with E-state index in [0.29, 0.717) is 16.5 Å². The molecule has 26 heavy (non-hydrogen) atoms. The minimum absolute atomic E-state index is 0. The molecular weight excluding hydrogens is 393 g/mol. The van der Waals surface area contributed by atoms with Crippen molar-refractivity contribution in [2.45, 2.75) is 12.8 Å². The lowest BCUT2D eigenvalue weighted by atomic mass is 9.96. The van der Waals surface area contributed by atoms with E-state index >= 15 is 0 Å². The van der Waals surface area contributed by atoms with Crippen LogP contribution in [0.25, 0.3) is 11.1 Å². The van der Waals surface area contributed by atoms with E-state index in [-0.39, 0.29) is 30.7 Å². The summed E-state index contributed by atoms with van der Waals surface area (Å²) in [7, 11) is 1.98. The number of aromatic nitrogens is 1. The van der Waals surface area contributed by atoms with Gasteiger partial charge in [-0.1, -0.05) is 23.7 Å². The summed E-state index contributed by atoms with van der Waals surface area (Å²) >= 11 is 5.94. The molecule has 2 heterocycles. The zero-order chi connectivity index (χ0) is 16.9. The van der Waals surface area contributed by atoms with Gasteiger partial charge in [0.2, 0.25) is 0 Å². The van der Waals surface area contributed by atoms with Crippen LogP contribution >= 0.6 is 36.4 Å². The third kappa shape index (κ3) is 5.58. The molecule has 1 amide bonds. The molecule has 0 atom stereocenters. The number of hydrogen-bond acceptors (Lipinski definition) is 3. The predicted octanol–water partition coefficient (Wildman–Crippen LogP) is 4.32. The van der Waals surface area contributed by atoms with Gasteiger partial charge >= 0.3 is 0 Å². The lowest BCUT2D eigenvalue weighted by Crippen LogP contribution is -2.40. The van der Waals surface area contributed by atoms with Crippen LogP contribution in [-0.4, -0.2) is 42.5 Å². The van der Waals surface area contributed by atoms with Crippen molar-refractivity contribution < 1.29 is 4.79 Å². The molecule has 0 spiro atoms. The van der Waals surface area contributed by atoms with Gasteiger partial charge < -0.3 is 10.2 Å². The molecule has 142 valence electrons. The van der Waals surface area contributed by atoms with Crippen molar-refractivity contribution in [3.63, 3.8) is 0 Å². The van der Waals surface area contributed by atoms with E-state index in [1.54, 1.807) is 12.4 Å². The molecule has 1 fully saturated rings. The second-order valence-electron chi connectivity index (χ2n) is 6.26. The average Bonchev–Trinajstić information content (AvgIpc) is 2.63. The third-order valence-electron chi connectivity index (χ3n) is 4.56. The maximum absolute atomic E-state index is 12.8. The molecule has 0 aliphatic carbocycles. The van der Waals surface area contributed by atoms with E-state index in [9.17, 15) is 4.79 Å². The number of hydrogen-bond donors (Lipinski definition) is 1. The number of likely N-dealkylation sites (tertiary alicyclic amines) is 1. The fourth-order valence-corrected chi connectivity index (χ4v) is 3.29. The maximum atomic E-state index is 12.8. The molecule has 1 aromatic carbocycles. The van der Waals surface area contributed by atoms with Gasteiger partial charge in [-0.15, -0.1) is 24.8 Å². The number of rotatable bonds is 4. The lowest BCUT2D eigenvalue weighted by molar-refractivity contribution is 0.0690. The largest absolute Gasteiger partial charge is 0.339 e. The first-order valence-electron chi connectivity index (χ1n) is 8.32. The van der Waals surface area contributed by atoms with E-state index in [4.69, 9.17) is 11.6 Å². The zero-order valence-electron chi connectivity index (χ0n) is 14.7. The van der Waals surface area contributed by atoms with Crippen molar-refractivity contribution in [2.24, 2.45) is 5.92 Å². The summed E-state index contributed by atoms with van der Waals surface area (Å²) in [5, 5.41) is 3.92. The van der Waals surface area contributed by atoms with E-state index in [2.05, 4.69) is 10.3 Å². The summed E-state index contributed by atoms with van der Waals surface area (Å²) in [6.45, 7) is 2.66. The molecule has 0 radical (unpaired) electrons. The molecule has 0 bridgehead atoms. The highest BCUT2D eigenvalue weighted by atomic mass is 35.5. The van der Waals surface area contributed by atoms with Gasteiger partial charge in [-0.3, -0.25) is 9.78 Å². The highest BCUT2D eigenvalue weighted by molar-refractivity contribution is 6.30. The topological polar surface area (TPSA) is 45.2 Å². The van der Waals surface area contributed by atoms with Crippen molar-refractivity contribution in [2.75, 3.05) is 26.7 Å². The number of benzene rings is 1. The monoisotopic (exact) mass is 415 g/mol. The number of nitrogens with zero attached hydrogens (tertiary/aromatic N) is 2. The van der Waals surface area contributed by atoms with Crippen LogP contribution in [0.1, 0.15) is 23.2 Å². The molecule has 1 N–H and O–H groups in total. The Labute approximate surface area is 172 Å². The van der Waals surface area contributed by atoms with Gasteiger partial charge in [0.05, 0.1) is 5.56 Å². The number of pyridine rings is 1. The maximum Gasteiger partial charge on any atom is 0.255 e. The fourth-order valence-electron chi connectivity index (χ4n) is 3.17. The van der Waals surface area contributed by atoms with E-state index < -0.39 is 0 Å². The number of amides is 1. The molecule has 1 saturated heterocycles. The number of nitrogens with one attached hydrogen (secondary N) is 1. The number of carbonyl (C=O) groups excluding carboxylic acids is 1. The zero-order valence-corrected chi connectivity index (χ0v) is 17.0. The summed E-state index contributed by atoms with van der Waals surface area (Å²) < 4.78 is 0. The number of piperidine rings is 1. The molecule has 1 aliphatic heterocycles. The minimum Gasteiger partial charge on any atom is -0.339 e. The van der Waals surface area contributed by atoms with Crippen LogP contribution < -0.4 is 5.32 Å². The van der Waals surface area contributed by atoms with Crippen LogP contribution in [0.5, 0.6) is 0 Å². The van der Waals surface area contributed by atoms with E-state index in [1.165, 1.54) is 0 Å². The van der Waals surface area contributed by atoms with Crippen molar-refractivity contribution in [3.8, 4) is 11.1 Å². The average molecular weight is 417 g/mol. The van der Waals surface area contributed by atoms with Crippen molar-refractivity contribution in [1.29, 1.82) is 0 Å². The Kier molecular flexibility index (Phi) is 9.37. The lowest BCUT2D eigenvalue weighted by Gasteiger charge is -2.32. The summed E-state index contributed by atoms with van der Waals surface area (Å²) in [6.07, 6.45) is 5.54. The highest BCUT2D eigenvalue weighted by Gasteiger charge is 2.23. The molecule has 1 aromatic heterocycles. The number of halogens is 3. The standard InChI is InChI=1S/C19H22ClN3O.2ClH/c1-21-11-14-6-8-23(9-7-14)19(24)17-10-16(12-22-13-17)15-2-4-18(20)5-3-15;;/h2-5,10,12-14,21H,6-9,11H2,1H3;2*1H. The number of carbonyl (C=O) groups is 1. The van der Waals surface area contributed by atoms with Crippen LogP contribution in [0.2, 0.25) is 5.02 Å². The molecule has 0 unspecified atom stereocenters. The normalized spacial score (nSPS) is 14.3. The van der Waals surface area contributed by atoms with Crippen LogP contribution in [0.3, 0.4) is 0 Å². The highest BCUT2D eigenvalue weighted by Crippen LogP contribution is 2.23. The Morgan fingerprint density at radius 3 is 2.42 bits per heavy atom. The van der Waals surface area contributed by atoms with Gasteiger partial charge in [0.1, 0.15) is 0 Å². The molecule has 1 aliphatic rings. The third-order valence-corrected chi connectivity index (χ3v) is 4.81. The summed E-state index contributed by atoms with van der Waals surface area (Å²) in [6, 6.07) is 9.49. The van der Waals surface area contributed by atoms with Gasteiger partial charge in [0, 0.05) is 36.1 Å². The predicted molar refractivity (Wildman–Crippen MR) is 112 cm³/mol. The van der Waals surface area contributed by atoms with Crippen LogP contribution in [-0.2, 0) is 0 Å². The van der Waals surface area contributed by atoms with Crippen molar-refractivity contribution in [1.82, 2.24) is 15.2 Å². The molecule has 7 heteroatoms. The van der Waals surface area contributed by atoms with Crippen LogP contribution in [0.4, 0.5) is 0 Å². The Balaban J connectivity index is 0.00000169. The Morgan fingerprint density at radius 1 is 1.15 bits per heavy atom. The van der Waals surface area contributed by atoms with Gasteiger partial charge in [-0.05, 0) is 56.1 Å². The van der Waals surface area contributed by atoms with Crippen LogP contribution in [0, 0.1) is 5.92 Å². The van der Waals surface area contributed by atoms with Gasteiger partial charge in [-0.25, -0.2) is 0 Å². The second-order valence-corrected chi connectivity index (χ2v) is 6.70. The molecule has 2 aromatic rings.